The lowest BCUT2D eigenvalue weighted by molar-refractivity contribution is 0.0761. The van der Waals surface area contributed by atoms with Crippen LogP contribution >= 0.6 is 0 Å². The van der Waals surface area contributed by atoms with Crippen molar-refractivity contribution in [1.82, 2.24) is 15.1 Å². The molecule has 6 nitrogen and oxygen atoms in total. The maximum absolute atomic E-state index is 13.0. The SMILES string of the molecule is COc1cc(C)c(C(=O)N2CCCN(C(=O)NC(C)(C)C)CC2)cc1C. The van der Waals surface area contributed by atoms with E-state index in [0.29, 0.717) is 31.7 Å². The summed E-state index contributed by atoms with van der Waals surface area (Å²) >= 11 is 0. The highest BCUT2D eigenvalue weighted by Crippen LogP contribution is 2.24. The van der Waals surface area contributed by atoms with Gasteiger partial charge in [-0.3, -0.25) is 4.79 Å². The molecule has 144 valence electrons. The monoisotopic (exact) mass is 361 g/mol. The van der Waals surface area contributed by atoms with Gasteiger partial charge in [0, 0.05) is 37.3 Å². The summed E-state index contributed by atoms with van der Waals surface area (Å²) in [6.45, 7) is 12.2. The molecule has 1 saturated heterocycles. The smallest absolute Gasteiger partial charge is 0.317 e. The highest BCUT2D eigenvalue weighted by atomic mass is 16.5. The number of ether oxygens (including phenoxy) is 1. The van der Waals surface area contributed by atoms with E-state index in [9.17, 15) is 9.59 Å². The molecule has 0 unspecified atom stereocenters. The third-order valence-electron chi connectivity index (χ3n) is 4.52. The first-order chi connectivity index (χ1) is 12.1. The average Bonchev–Trinajstić information content (AvgIpc) is 2.80. The van der Waals surface area contributed by atoms with Gasteiger partial charge in [0.2, 0.25) is 0 Å². The molecule has 1 aromatic carbocycles. The van der Waals surface area contributed by atoms with Crippen LogP contribution in [0.1, 0.15) is 48.7 Å². The standard InChI is InChI=1S/C20H31N3O3/c1-14-13-17(26-6)15(2)12-16(14)18(24)22-8-7-9-23(11-10-22)19(25)21-20(3,4)5/h12-13H,7-11H2,1-6H3,(H,21,25). The van der Waals surface area contributed by atoms with Gasteiger partial charge in [-0.15, -0.1) is 0 Å². The van der Waals surface area contributed by atoms with Crippen LogP contribution in [0.4, 0.5) is 4.79 Å². The number of urea groups is 1. The van der Waals surface area contributed by atoms with E-state index in [1.54, 1.807) is 12.0 Å². The fourth-order valence-electron chi connectivity index (χ4n) is 3.13. The molecule has 26 heavy (non-hydrogen) atoms. The molecule has 1 N–H and O–H groups in total. The lowest BCUT2D eigenvalue weighted by atomic mass is 10.0. The summed E-state index contributed by atoms with van der Waals surface area (Å²) in [5, 5.41) is 2.99. The fraction of sp³-hybridized carbons (Fsp3) is 0.600. The predicted octanol–water partition coefficient (Wildman–Crippen LogP) is 2.97. The Morgan fingerprint density at radius 3 is 2.23 bits per heavy atom. The van der Waals surface area contributed by atoms with Crippen molar-refractivity contribution >= 4 is 11.9 Å². The highest BCUT2D eigenvalue weighted by Gasteiger charge is 2.25. The van der Waals surface area contributed by atoms with E-state index in [-0.39, 0.29) is 17.5 Å². The van der Waals surface area contributed by atoms with Crippen LogP contribution < -0.4 is 10.1 Å². The normalized spacial score (nSPS) is 15.5. The number of carbonyl (C=O) groups excluding carboxylic acids is 2. The minimum Gasteiger partial charge on any atom is -0.496 e. The van der Waals surface area contributed by atoms with Crippen LogP contribution in [0.3, 0.4) is 0 Å². The second kappa shape index (κ2) is 7.98. The van der Waals surface area contributed by atoms with Crippen molar-refractivity contribution in [2.24, 2.45) is 0 Å². The third-order valence-corrected chi connectivity index (χ3v) is 4.52. The molecule has 1 aliphatic rings. The maximum atomic E-state index is 13.0. The molecular weight excluding hydrogens is 330 g/mol. The summed E-state index contributed by atoms with van der Waals surface area (Å²) in [6, 6.07) is 3.73. The Bertz CT molecular complexity index is 680. The Morgan fingerprint density at radius 2 is 1.62 bits per heavy atom. The molecule has 6 heteroatoms. The summed E-state index contributed by atoms with van der Waals surface area (Å²) < 4.78 is 5.33. The Labute approximate surface area is 156 Å². The van der Waals surface area contributed by atoms with Gasteiger partial charge in [-0.1, -0.05) is 0 Å². The Kier molecular flexibility index (Phi) is 6.16. The summed E-state index contributed by atoms with van der Waals surface area (Å²) in [4.78, 5) is 29.0. The number of amides is 3. The zero-order valence-corrected chi connectivity index (χ0v) is 16.8. The molecule has 3 amide bonds. The van der Waals surface area contributed by atoms with Gasteiger partial charge in [0.15, 0.2) is 0 Å². The molecule has 2 rings (SSSR count). The zero-order chi connectivity index (χ0) is 19.5. The summed E-state index contributed by atoms with van der Waals surface area (Å²) in [5.41, 5.74) is 2.29. The number of methoxy groups -OCH3 is 1. The lowest BCUT2D eigenvalue weighted by Gasteiger charge is -2.27. The van der Waals surface area contributed by atoms with E-state index >= 15 is 0 Å². The molecule has 1 fully saturated rings. The molecule has 1 heterocycles. The van der Waals surface area contributed by atoms with Gasteiger partial charge in [0.05, 0.1) is 7.11 Å². The number of nitrogens with one attached hydrogen (secondary N) is 1. The van der Waals surface area contributed by atoms with Gasteiger partial charge in [0.25, 0.3) is 5.91 Å². The minimum atomic E-state index is -0.267. The Morgan fingerprint density at radius 1 is 1.00 bits per heavy atom. The van der Waals surface area contributed by atoms with Crippen molar-refractivity contribution < 1.29 is 14.3 Å². The van der Waals surface area contributed by atoms with Gasteiger partial charge in [-0.05, 0) is 64.3 Å². The van der Waals surface area contributed by atoms with Crippen LogP contribution in [0.25, 0.3) is 0 Å². The molecular formula is C20H31N3O3. The van der Waals surface area contributed by atoms with Crippen molar-refractivity contribution in [3.8, 4) is 5.75 Å². The first kappa shape index (κ1) is 20.1. The van der Waals surface area contributed by atoms with Crippen LogP contribution in [-0.4, -0.2) is 60.6 Å². The van der Waals surface area contributed by atoms with Gasteiger partial charge in [-0.25, -0.2) is 4.79 Å². The summed E-state index contributed by atoms with van der Waals surface area (Å²) in [6.07, 6.45) is 0.775. The Balaban J connectivity index is 2.08. The zero-order valence-electron chi connectivity index (χ0n) is 16.8. The van der Waals surface area contributed by atoms with E-state index in [1.807, 2.05) is 51.7 Å². The average molecular weight is 361 g/mol. The largest absolute Gasteiger partial charge is 0.496 e. The second-order valence-electron chi connectivity index (χ2n) is 7.95. The highest BCUT2D eigenvalue weighted by molar-refractivity contribution is 5.96. The van der Waals surface area contributed by atoms with Crippen molar-refractivity contribution in [2.75, 3.05) is 33.3 Å². The van der Waals surface area contributed by atoms with E-state index in [1.165, 1.54) is 0 Å². The van der Waals surface area contributed by atoms with Gasteiger partial charge < -0.3 is 19.9 Å². The van der Waals surface area contributed by atoms with Crippen LogP contribution in [-0.2, 0) is 0 Å². The predicted molar refractivity (Wildman–Crippen MR) is 103 cm³/mol. The third kappa shape index (κ3) is 4.90. The fourth-order valence-corrected chi connectivity index (χ4v) is 3.13. The summed E-state index contributed by atoms with van der Waals surface area (Å²) in [7, 11) is 1.63. The summed E-state index contributed by atoms with van der Waals surface area (Å²) in [5.74, 6) is 0.811. The van der Waals surface area contributed by atoms with Crippen LogP contribution in [0.2, 0.25) is 0 Å². The number of rotatable bonds is 2. The molecule has 0 aliphatic carbocycles. The maximum Gasteiger partial charge on any atom is 0.317 e. The number of aryl methyl sites for hydroxylation is 2. The van der Waals surface area contributed by atoms with E-state index in [4.69, 9.17) is 4.74 Å². The molecule has 0 atom stereocenters. The topological polar surface area (TPSA) is 61.9 Å². The van der Waals surface area contributed by atoms with Crippen molar-refractivity contribution in [3.63, 3.8) is 0 Å². The second-order valence-corrected chi connectivity index (χ2v) is 7.95. The number of benzene rings is 1. The minimum absolute atomic E-state index is 0.0198. The molecule has 0 saturated carbocycles. The van der Waals surface area contributed by atoms with Gasteiger partial charge in [-0.2, -0.15) is 0 Å². The number of nitrogens with zero attached hydrogens (tertiary/aromatic N) is 2. The lowest BCUT2D eigenvalue weighted by Crippen LogP contribution is -2.49. The van der Waals surface area contributed by atoms with E-state index in [2.05, 4.69) is 5.32 Å². The molecule has 0 spiro atoms. The van der Waals surface area contributed by atoms with Gasteiger partial charge >= 0.3 is 6.03 Å². The number of hydrogen-bond acceptors (Lipinski definition) is 3. The molecule has 1 aromatic rings. The first-order valence-corrected chi connectivity index (χ1v) is 9.14. The molecule has 0 radical (unpaired) electrons. The first-order valence-electron chi connectivity index (χ1n) is 9.14. The van der Waals surface area contributed by atoms with Crippen LogP contribution in [0, 0.1) is 13.8 Å². The molecule has 0 aromatic heterocycles. The van der Waals surface area contributed by atoms with Gasteiger partial charge in [0.1, 0.15) is 5.75 Å². The number of carbonyl (C=O) groups is 2. The Hall–Kier alpha value is -2.24. The van der Waals surface area contributed by atoms with E-state index < -0.39 is 0 Å². The van der Waals surface area contributed by atoms with Crippen LogP contribution in [0.15, 0.2) is 12.1 Å². The van der Waals surface area contributed by atoms with Crippen molar-refractivity contribution in [1.29, 1.82) is 0 Å². The van der Waals surface area contributed by atoms with Crippen molar-refractivity contribution in [3.05, 3.63) is 28.8 Å². The van der Waals surface area contributed by atoms with Crippen molar-refractivity contribution in [2.45, 2.75) is 46.6 Å². The molecule has 1 aliphatic heterocycles. The van der Waals surface area contributed by atoms with Crippen LogP contribution in [0.5, 0.6) is 5.75 Å². The number of hydrogen-bond donors (Lipinski definition) is 1. The molecule has 0 bridgehead atoms. The quantitative estimate of drug-likeness (QED) is 0.881. The van der Waals surface area contributed by atoms with E-state index in [0.717, 1.165) is 23.3 Å².